The van der Waals surface area contributed by atoms with E-state index in [1.807, 2.05) is 12.1 Å². The molecule has 1 atom stereocenters. The summed E-state index contributed by atoms with van der Waals surface area (Å²) in [4.78, 5) is 0. The van der Waals surface area contributed by atoms with Crippen molar-refractivity contribution in [3.05, 3.63) is 17.7 Å². The number of anilines is 1. The van der Waals surface area contributed by atoms with Gasteiger partial charge in [0, 0.05) is 18.3 Å². The molecule has 0 bridgehead atoms. The van der Waals surface area contributed by atoms with E-state index in [4.69, 9.17) is 15.2 Å². The molecular weight excluding hydrogens is 228 g/mol. The van der Waals surface area contributed by atoms with E-state index in [1.165, 1.54) is 0 Å². The minimum Gasteiger partial charge on any atom is -0.493 e. The lowest BCUT2D eigenvalue weighted by Gasteiger charge is -2.16. The molecule has 0 amide bonds. The van der Waals surface area contributed by atoms with Crippen LogP contribution in [0.3, 0.4) is 0 Å². The Hall–Kier alpha value is -1.42. The van der Waals surface area contributed by atoms with Gasteiger partial charge in [-0.2, -0.15) is 0 Å². The quantitative estimate of drug-likeness (QED) is 0.782. The summed E-state index contributed by atoms with van der Waals surface area (Å²) >= 11 is 0. The number of methoxy groups -OCH3 is 2. The van der Waals surface area contributed by atoms with Gasteiger partial charge in [-0.05, 0) is 37.4 Å². The second-order valence-electron chi connectivity index (χ2n) is 4.59. The topological polar surface area (TPSA) is 56.5 Å². The molecule has 1 unspecified atom stereocenters. The highest BCUT2D eigenvalue weighted by Crippen LogP contribution is 2.32. The third-order valence-corrected chi connectivity index (χ3v) is 3.03. The molecule has 0 saturated heterocycles. The third-order valence-electron chi connectivity index (χ3n) is 3.03. The molecule has 0 aliphatic rings. The highest BCUT2D eigenvalue weighted by atomic mass is 16.5. The van der Waals surface area contributed by atoms with Gasteiger partial charge in [-0.15, -0.1) is 0 Å². The standard InChI is InChI=1S/C14H24N2O2/c1-10(5-6-15)9-16-12-8-14(18-4)13(17-3)7-11(12)2/h7-8,10,16H,5-6,9,15H2,1-4H3. The van der Waals surface area contributed by atoms with Crippen molar-refractivity contribution in [2.24, 2.45) is 11.7 Å². The van der Waals surface area contributed by atoms with Gasteiger partial charge in [0.15, 0.2) is 11.5 Å². The predicted octanol–water partition coefficient (Wildman–Crippen LogP) is 2.41. The molecule has 0 aliphatic carbocycles. The van der Waals surface area contributed by atoms with Crippen LogP contribution in [0.2, 0.25) is 0 Å². The summed E-state index contributed by atoms with van der Waals surface area (Å²) in [5.41, 5.74) is 7.77. The smallest absolute Gasteiger partial charge is 0.162 e. The van der Waals surface area contributed by atoms with Crippen molar-refractivity contribution in [3.63, 3.8) is 0 Å². The number of hydrogen-bond acceptors (Lipinski definition) is 4. The van der Waals surface area contributed by atoms with Crippen LogP contribution in [-0.2, 0) is 0 Å². The van der Waals surface area contributed by atoms with Crippen LogP contribution >= 0.6 is 0 Å². The number of hydrogen-bond donors (Lipinski definition) is 2. The number of nitrogens with one attached hydrogen (secondary N) is 1. The minimum atomic E-state index is 0.558. The molecule has 4 heteroatoms. The Kier molecular flexibility index (Phi) is 5.78. The van der Waals surface area contributed by atoms with E-state index in [0.29, 0.717) is 5.92 Å². The Morgan fingerprint density at radius 2 is 1.83 bits per heavy atom. The molecule has 0 aliphatic heterocycles. The van der Waals surface area contributed by atoms with Crippen LogP contribution < -0.4 is 20.5 Å². The molecule has 1 aromatic rings. The summed E-state index contributed by atoms with van der Waals surface area (Å²) < 4.78 is 10.6. The SMILES string of the molecule is COc1cc(C)c(NCC(C)CCN)cc1OC. The van der Waals surface area contributed by atoms with Crippen LogP contribution in [0.15, 0.2) is 12.1 Å². The van der Waals surface area contributed by atoms with Gasteiger partial charge >= 0.3 is 0 Å². The monoisotopic (exact) mass is 252 g/mol. The summed E-state index contributed by atoms with van der Waals surface area (Å²) in [5, 5.41) is 3.43. The van der Waals surface area contributed by atoms with E-state index in [-0.39, 0.29) is 0 Å². The van der Waals surface area contributed by atoms with Crippen molar-refractivity contribution in [1.82, 2.24) is 0 Å². The van der Waals surface area contributed by atoms with Crippen molar-refractivity contribution < 1.29 is 9.47 Å². The lowest BCUT2D eigenvalue weighted by Crippen LogP contribution is -2.15. The van der Waals surface area contributed by atoms with Gasteiger partial charge in [0.25, 0.3) is 0 Å². The van der Waals surface area contributed by atoms with Gasteiger partial charge in [0.2, 0.25) is 0 Å². The number of aryl methyl sites for hydroxylation is 1. The highest BCUT2D eigenvalue weighted by Gasteiger charge is 2.09. The van der Waals surface area contributed by atoms with Gasteiger partial charge in [-0.25, -0.2) is 0 Å². The van der Waals surface area contributed by atoms with Crippen LogP contribution in [0.1, 0.15) is 18.9 Å². The average molecular weight is 252 g/mol. The van der Waals surface area contributed by atoms with Gasteiger partial charge in [-0.3, -0.25) is 0 Å². The summed E-state index contributed by atoms with van der Waals surface area (Å²) in [5.74, 6) is 2.06. The molecule has 102 valence electrons. The summed E-state index contributed by atoms with van der Waals surface area (Å²) in [6, 6.07) is 3.96. The fraction of sp³-hybridized carbons (Fsp3) is 0.571. The molecule has 0 spiro atoms. The first-order valence-corrected chi connectivity index (χ1v) is 6.29. The molecule has 1 aromatic carbocycles. The Morgan fingerprint density at radius 1 is 1.22 bits per heavy atom. The minimum absolute atomic E-state index is 0.558. The van der Waals surface area contributed by atoms with Gasteiger partial charge < -0.3 is 20.5 Å². The van der Waals surface area contributed by atoms with E-state index in [1.54, 1.807) is 14.2 Å². The molecule has 18 heavy (non-hydrogen) atoms. The van der Waals surface area contributed by atoms with Crippen LogP contribution in [0.5, 0.6) is 11.5 Å². The van der Waals surface area contributed by atoms with E-state index >= 15 is 0 Å². The van der Waals surface area contributed by atoms with Gasteiger partial charge in [0.1, 0.15) is 0 Å². The number of rotatable bonds is 7. The molecular formula is C14H24N2O2. The third kappa shape index (κ3) is 3.81. The second-order valence-corrected chi connectivity index (χ2v) is 4.59. The van der Waals surface area contributed by atoms with E-state index in [2.05, 4.69) is 19.2 Å². The van der Waals surface area contributed by atoms with Crippen molar-refractivity contribution in [2.45, 2.75) is 20.3 Å². The Labute approximate surface area is 109 Å². The van der Waals surface area contributed by atoms with Gasteiger partial charge in [-0.1, -0.05) is 6.92 Å². The first kappa shape index (κ1) is 14.6. The lowest BCUT2D eigenvalue weighted by atomic mass is 10.1. The van der Waals surface area contributed by atoms with E-state index in [0.717, 1.165) is 42.3 Å². The molecule has 0 fully saturated rings. The lowest BCUT2D eigenvalue weighted by molar-refractivity contribution is 0.355. The van der Waals surface area contributed by atoms with Crippen LogP contribution in [-0.4, -0.2) is 27.3 Å². The maximum Gasteiger partial charge on any atom is 0.162 e. The number of ether oxygens (including phenoxy) is 2. The molecule has 0 radical (unpaired) electrons. The van der Waals surface area contributed by atoms with E-state index < -0.39 is 0 Å². The Morgan fingerprint density at radius 3 is 2.39 bits per heavy atom. The van der Waals surface area contributed by atoms with Crippen molar-refractivity contribution >= 4 is 5.69 Å². The normalized spacial score (nSPS) is 12.1. The summed E-state index contributed by atoms with van der Waals surface area (Å²) in [6.07, 6.45) is 1.03. The van der Waals surface area contributed by atoms with Crippen LogP contribution in [0.25, 0.3) is 0 Å². The van der Waals surface area contributed by atoms with Crippen LogP contribution in [0, 0.1) is 12.8 Å². The molecule has 0 aromatic heterocycles. The molecule has 4 nitrogen and oxygen atoms in total. The van der Waals surface area contributed by atoms with E-state index in [9.17, 15) is 0 Å². The Balaban J connectivity index is 2.76. The average Bonchev–Trinajstić information content (AvgIpc) is 2.37. The zero-order valence-corrected chi connectivity index (χ0v) is 11.7. The first-order chi connectivity index (χ1) is 8.62. The molecule has 0 saturated carbocycles. The summed E-state index contributed by atoms with van der Waals surface area (Å²) in [6.45, 7) is 5.88. The van der Waals surface area contributed by atoms with Crippen molar-refractivity contribution in [2.75, 3.05) is 32.6 Å². The summed E-state index contributed by atoms with van der Waals surface area (Å²) in [7, 11) is 3.29. The fourth-order valence-corrected chi connectivity index (χ4v) is 1.84. The van der Waals surface area contributed by atoms with Crippen LogP contribution in [0.4, 0.5) is 5.69 Å². The largest absolute Gasteiger partial charge is 0.493 e. The Bertz CT molecular complexity index is 380. The van der Waals surface area contributed by atoms with Crippen molar-refractivity contribution in [1.29, 1.82) is 0 Å². The maximum absolute atomic E-state index is 5.55. The molecule has 1 rings (SSSR count). The number of nitrogens with two attached hydrogens (primary N) is 1. The molecule has 0 heterocycles. The zero-order chi connectivity index (χ0) is 13.5. The number of benzene rings is 1. The predicted molar refractivity (Wildman–Crippen MR) is 75.6 cm³/mol. The second kappa shape index (κ2) is 7.11. The highest BCUT2D eigenvalue weighted by molar-refractivity contribution is 5.60. The zero-order valence-electron chi connectivity index (χ0n) is 11.7. The molecule has 3 N–H and O–H groups in total. The maximum atomic E-state index is 5.55. The van der Waals surface area contributed by atoms with Crippen molar-refractivity contribution in [3.8, 4) is 11.5 Å². The fourth-order valence-electron chi connectivity index (χ4n) is 1.84. The first-order valence-electron chi connectivity index (χ1n) is 6.29. The van der Waals surface area contributed by atoms with Gasteiger partial charge in [0.05, 0.1) is 14.2 Å².